The molecule has 0 fully saturated rings. The van der Waals surface area contributed by atoms with Crippen molar-refractivity contribution >= 4 is 10.8 Å². The number of rotatable bonds is 5. The number of benzene rings is 1. The molecule has 1 unspecified atom stereocenters. The Balaban J connectivity index is 2.22. The summed E-state index contributed by atoms with van der Waals surface area (Å²) in [6.07, 6.45) is 4.68. The molecule has 0 saturated heterocycles. The summed E-state index contributed by atoms with van der Waals surface area (Å²) in [4.78, 5) is 4.12. The molecule has 3 heteroatoms. The second-order valence-electron chi connectivity index (χ2n) is 4.13. The van der Waals surface area contributed by atoms with Crippen molar-refractivity contribution in [3.8, 4) is 0 Å². The topological polar surface area (TPSA) is 48.1 Å². The number of nitrogens with zero attached hydrogens (tertiary/aromatic N) is 1. The van der Waals surface area contributed by atoms with Crippen LogP contribution in [0.25, 0.3) is 10.8 Å². The van der Waals surface area contributed by atoms with Crippen molar-refractivity contribution in [2.75, 3.05) is 13.2 Å². The van der Waals surface area contributed by atoms with Crippen molar-refractivity contribution in [2.24, 2.45) is 5.73 Å². The van der Waals surface area contributed by atoms with E-state index in [1.165, 1.54) is 0 Å². The Labute approximate surface area is 102 Å². The first-order chi connectivity index (χ1) is 8.33. The highest BCUT2D eigenvalue weighted by Crippen LogP contribution is 2.22. The van der Waals surface area contributed by atoms with E-state index in [0.29, 0.717) is 6.61 Å². The third kappa shape index (κ3) is 2.81. The maximum Gasteiger partial charge on any atom is 0.0659 e. The van der Waals surface area contributed by atoms with Gasteiger partial charge in [0.1, 0.15) is 0 Å². The first-order valence-electron chi connectivity index (χ1n) is 5.99. The minimum Gasteiger partial charge on any atom is -0.379 e. The fourth-order valence-electron chi connectivity index (χ4n) is 1.92. The van der Waals surface area contributed by atoms with Crippen molar-refractivity contribution < 1.29 is 4.74 Å². The van der Waals surface area contributed by atoms with Crippen LogP contribution in [0.2, 0.25) is 0 Å². The van der Waals surface area contributed by atoms with Gasteiger partial charge in [-0.1, -0.05) is 25.1 Å². The molecule has 2 aromatic rings. The molecule has 1 atom stereocenters. The van der Waals surface area contributed by atoms with E-state index in [4.69, 9.17) is 10.5 Å². The van der Waals surface area contributed by atoms with Crippen LogP contribution < -0.4 is 5.73 Å². The van der Waals surface area contributed by atoms with Crippen LogP contribution >= 0.6 is 0 Å². The number of fused-ring (bicyclic) bond motifs is 1. The zero-order valence-corrected chi connectivity index (χ0v) is 10.1. The number of nitrogens with two attached hydrogens (primary N) is 1. The molecule has 2 rings (SSSR count). The quantitative estimate of drug-likeness (QED) is 0.803. The van der Waals surface area contributed by atoms with Gasteiger partial charge in [0.05, 0.1) is 12.6 Å². The van der Waals surface area contributed by atoms with Gasteiger partial charge in [-0.2, -0.15) is 0 Å². The summed E-state index contributed by atoms with van der Waals surface area (Å²) in [7, 11) is 0. The van der Waals surface area contributed by atoms with Crippen LogP contribution in [0.5, 0.6) is 0 Å². The van der Waals surface area contributed by atoms with Gasteiger partial charge in [0, 0.05) is 24.4 Å². The molecule has 0 radical (unpaired) electrons. The summed E-state index contributed by atoms with van der Waals surface area (Å²) >= 11 is 0. The van der Waals surface area contributed by atoms with E-state index in [9.17, 15) is 0 Å². The van der Waals surface area contributed by atoms with Gasteiger partial charge in [-0.25, -0.2) is 0 Å². The van der Waals surface area contributed by atoms with Crippen LogP contribution in [0.3, 0.4) is 0 Å². The van der Waals surface area contributed by atoms with E-state index in [2.05, 4.69) is 18.0 Å². The maximum atomic E-state index is 6.16. The SMILES string of the molecule is CCCOCC(N)c1cccc2cnccc12. The molecule has 90 valence electrons. The molecule has 0 saturated carbocycles. The lowest BCUT2D eigenvalue weighted by Gasteiger charge is -2.14. The molecule has 3 nitrogen and oxygen atoms in total. The Hall–Kier alpha value is -1.45. The molecule has 0 aliphatic rings. The molecule has 1 aromatic heterocycles. The van der Waals surface area contributed by atoms with E-state index >= 15 is 0 Å². The van der Waals surface area contributed by atoms with Crippen molar-refractivity contribution in [1.29, 1.82) is 0 Å². The monoisotopic (exact) mass is 230 g/mol. The van der Waals surface area contributed by atoms with Crippen molar-refractivity contribution in [1.82, 2.24) is 4.98 Å². The van der Waals surface area contributed by atoms with Gasteiger partial charge in [0.15, 0.2) is 0 Å². The number of hydrogen-bond acceptors (Lipinski definition) is 3. The standard InChI is InChI=1S/C14H18N2O/c1-2-8-17-10-14(15)13-5-3-4-11-9-16-7-6-12(11)13/h3-7,9,14H,2,8,10,15H2,1H3. The Kier molecular flexibility index (Phi) is 4.07. The average molecular weight is 230 g/mol. The summed E-state index contributed by atoms with van der Waals surface area (Å²) < 4.78 is 5.51. The highest BCUT2D eigenvalue weighted by Gasteiger charge is 2.09. The molecule has 2 N–H and O–H groups in total. The van der Waals surface area contributed by atoms with Gasteiger partial charge in [0.2, 0.25) is 0 Å². The first kappa shape index (κ1) is 12.0. The van der Waals surface area contributed by atoms with Crippen molar-refractivity contribution in [3.63, 3.8) is 0 Å². The van der Waals surface area contributed by atoms with Crippen molar-refractivity contribution in [2.45, 2.75) is 19.4 Å². The van der Waals surface area contributed by atoms with Gasteiger partial charge in [-0.05, 0) is 23.4 Å². The van der Waals surface area contributed by atoms with E-state index in [1.807, 2.05) is 24.4 Å². The van der Waals surface area contributed by atoms with E-state index in [-0.39, 0.29) is 6.04 Å². The molecule has 0 aliphatic heterocycles. The predicted molar refractivity (Wildman–Crippen MR) is 69.8 cm³/mol. The molecule has 0 amide bonds. The third-order valence-electron chi connectivity index (χ3n) is 2.76. The zero-order valence-electron chi connectivity index (χ0n) is 10.1. The van der Waals surface area contributed by atoms with E-state index in [1.54, 1.807) is 6.20 Å². The second-order valence-corrected chi connectivity index (χ2v) is 4.13. The highest BCUT2D eigenvalue weighted by atomic mass is 16.5. The van der Waals surface area contributed by atoms with Crippen molar-refractivity contribution in [3.05, 3.63) is 42.2 Å². The predicted octanol–water partition coefficient (Wildman–Crippen LogP) is 2.66. The normalized spacial score (nSPS) is 12.8. The lowest BCUT2D eigenvalue weighted by molar-refractivity contribution is 0.122. The number of aromatic nitrogens is 1. The largest absolute Gasteiger partial charge is 0.379 e. The third-order valence-corrected chi connectivity index (χ3v) is 2.76. The lowest BCUT2D eigenvalue weighted by Crippen LogP contribution is -2.17. The summed E-state index contributed by atoms with van der Waals surface area (Å²) in [6.45, 7) is 3.42. The molecular weight excluding hydrogens is 212 g/mol. The molecule has 1 aromatic carbocycles. The van der Waals surface area contributed by atoms with Crippen LogP contribution in [-0.2, 0) is 4.74 Å². The van der Waals surface area contributed by atoms with Crippen LogP contribution in [-0.4, -0.2) is 18.2 Å². The maximum absolute atomic E-state index is 6.16. The fraction of sp³-hybridized carbons (Fsp3) is 0.357. The van der Waals surface area contributed by atoms with Crippen LogP contribution in [0.1, 0.15) is 24.9 Å². The van der Waals surface area contributed by atoms with Gasteiger partial charge in [-0.3, -0.25) is 4.98 Å². The molecular formula is C14H18N2O. The molecule has 0 spiro atoms. The lowest BCUT2D eigenvalue weighted by atomic mass is 10.0. The minimum atomic E-state index is -0.0763. The first-order valence-corrected chi connectivity index (χ1v) is 5.99. The Morgan fingerprint density at radius 2 is 2.24 bits per heavy atom. The van der Waals surface area contributed by atoms with Gasteiger partial charge in [-0.15, -0.1) is 0 Å². The molecule has 0 bridgehead atoms. The zero-order chi connectivity index (χ0) is 12.1. The number of ether oxygens (including phenoxy) is 1. The summed E-state index contributed by atoms with van der Waals surface area (Å²) in [5.74, 6) is 0. The van der Waals surface area contributed by atoms with Gasteiger partial charge >= 0.3 is 0 Å². The summed E-state index contributed by atoms with van der Waals surface area (Å²) in [6, 6.07) is 8.05. The average Bonchev–Trinajstić information content (AvgIpc) is 2.38. The van der Waals surface area contributed by atoms with Crippen LogP contribution in [0.15, 0.2) is 36.7 Å². The molecule has 17 heavy (non-hydrogen) atoms. The van der Waals surface area contributed by atoms with E-state index < -0.39 is 0 Å². The Morgan fingerprint density at radius 1 is 1.35 bits per heavy atom. The second kappa shape index (κ2) is 5.75. The number of pyridine rings is 1. The molecule has 0 aliphatic carbocycles. The van der Waals surface area contributed by atoms with E-state index in [0.717, 1.165) is 29.4 Å². The smallest absolute Gasteiger partial charge is 0.0659 e. The molecule has 1 heterocycles. The van der Waals surface area contributed by atoms with Crippen LogP contribution in [0.4, 0.5) is 0 Å². The minimum absolute atomic E-state index is 0.0763. The Morgan fingerprint density at radius 3 is 3.06 bits per heavy atom. The van der Waals surface area contributed by atoms with Crippen LogP contribution in [0, 0.1) is 0 Å². The fourth-order valence-corrected chi connectivity index (χ4v) is 1.92. The summed E-state index contributed by atoms with van der Waals surface area (Å²) in [5.41, 5.74) is 7.28. The Bertz CT molecular complexity index is 479. The van der Waals surface area contributed by atoms with Gasteiger partial charge in [0.25, 0.3) is 0 Å². The number of hydrogen-bond donors (Lipinski definition) is 1. The van der Waals surface area contributed by atoms with Gasteiger partial charge < -0.3 is 10.5 Å². The highest BCUT2D eigenvalue weighted by molar-refractivity contribution is 5.85. The summed E-state index contributed by atoms with van der Waals surface area (Å²) in [5, 5.41) is 2.28.